The summed E-state index contributed by atoms with van der Waals surface area (Å²) in [6, 6.07) is 7.89. The van der Waals surface area contributed by atoms with Crippen LogP contribution in [0.5, 0.6) is 0 Å². The van der Waals surface area contributed by atoms with E-state index in [1.54, 1.807) is 30.5 Å². The normalized spacial score (nSPS) is 10.3. The van der Waals surface area contributed by atoms with Crippen molar-refractivity contribution in [3.05, 3.63) is 53.6 Å². The van der Waals surface area contributed by atoms with Crippen molar-refractivity contribution in [1.82, 2.24) is 15.3 Å². The summed E-state index contributed by atoms with van der Waals surface area (Å²) in [4.78, 5) is 22.5. The third kappa shape index (κ3) is 3.78. The molecule has 0 aliphatic rings. The number of rotatable bonds is 6. The molecule has 1 aromatic heterocycles. The second kappa shape index (κ2) is 7.49. The summed E-state index contributed by atoms with van der Waals surface area (Å²) in [5.41, 5.74) is 0.710. The van der Waals surface area contributed by atoms with Crippen LogP contribution in [0.15, 0.2) is 36.5 Å². The van der Waals surface area contributed by atoms with Gasteiger partial charge in [0, 0.05) is 31.4 Å². The Morgan fingerprint density at radius 1 is 1.23 bits per heavy atom. The van der Waals surface area contributed by atoms with Gasteiger partial charge in [0.05, 0.1) is 0 Å². The Morgan fingerprint density at radius 3 is 2.64 bits per heavy atom. The van der Waals surface area contributed by atoms with E-state index in [-0.39, 0.29) is 24.0 Å². The molecule has 1 N–H and O–H groups in total. The maximum absolute atomic E-state index is 13.5. The molecule has 116 valence electrons. The van der Waals surface area contributed by atoms with Gasteiger partial charge in [0.15, 0.2) is 0 Å². The average molecular weight is 302 g/mol. The van der Waals surface area contributed by atoms with Gasteiger partial charge < -0.3 is 10.2 Å². The van der Waals surface area contributed by atoms with Crippen molar-refractivity contribution < 1.29 is 9.18 Å². The van der Waals surface area contributed by atoms with Crippen LogP contribution in [0, 0.1) is 5.82 Å². The number of hydrogen-bond donors (Lipinski definition) is 1. The number of carbonyl (C=O) groups is 1. The predicted octanol–water partition coefficient (Wildman–Crippen LogP) is 2.39. The van der Waals surface area contributed by atoms with Crippen molar-refractivity contribution in [2.45, 2.75) is 20.4 Å². The largest absolute Gasteiger partial charge is 0.347 e. The molecule has 0 radical (unpaired) electrons. The number of amides is 1. The van der Waals surface area contributed by atoms with Crippen LogP contribution in [0.25, 0.3) is 0 Å². The molecule has 0 spiro atoms. The number of nitrogens with one attached hydrogen (secondary N) is 1. The van der Waals surface area contributed by atoms with Gasteiger partial charge in [-0.2, -0.15) is 0 Å². The molecular formula is C16H19FN4O. The maximum atomic E-state index is 13.5. The molecule has 5 nitrogen and oxygen atoms in total. The van der Waals surface area contributed by atoms with Crippen LogP contribution in [0.3, 0.4) is 0 Å². The van der Waals surface area contributed by atoms with Crippen molar-refractivity contribution in [1.29, 1.82) is 0 Å². The van der Waals surface area contributed by atoms with E-state index in [2.05, 4.69) is 15.3 Å². The monoisotopic (exact) mass is 302 g/mol. The van der Waals surface area contributed by atoms with Gasteiger partial charge in [-0.15, -0.1) is 0 Å². The van der Waals surface area contributed by atoms with Crippen LogP contribution < -0.4 is 10.2 Å². The molecule has 0 saturated heterocycles. The summed E-state index contributed by atoms with van der Waals surface area (Å²) >= 11 is 0. The molecule has 0 aliphatic carbocycles. The van der Waals surface area contributed by atoms with Crippen LogP contribution in [0.4, 0.5) is 10.3 Å². The van der Waals surface area contributed by atoms with Crippen molar-refractivity contribution in [2.75, 3.05) is 18.0 Å². The summed E-state index contributed by atoms with van der Waals surface area (Å²) in [6.07, 6.45) is 1.55. The number of aromatic nitrogens is 2. The molecule has 0 atom stereocenters. The lowest BCUT2D eigenvalue weighted by Crippen LogP contribution is -2.27. The molecule has 1 heterocycles. The van der Waals surface area contributed by atoms with E-state index >= 15 is 0 Å². The first-order valence-corrected chi connectivity index (χ1v) is 7.25. The van der Waals surface area contributed by atoms with Gasteiger partial charge >= 0.3 is 0 Å². The van der Waals surface area contributed by atoms with E-state index in [4.69, 9.17) is 0 Å². The second-order valence-corrected chi connectivity index (χ2v) is 4.69. The number of anilines is 1. The van der Waals surface area contributed by atoms with Gasteiger partial charge in [0.1, 0.15) is 11.5 Å². The standard InChI is InChI=1S/C16H19FN4O/c1-3-21(4-2)16-18-10-9-14(20-16)15(22)19-11-12-7-5-6-8-13(12)17/h5-10H,3-4,11H2,1-2H3,(H,19,22). The smallest absolute Gasteiger partial charge is 0.270 e. The third-order valence-electron chi connectivity index (χ3n) is 3.32. The zero-order chi connectivity index (χ0) is 15.9. The summed E-state index contributed by atoms with van der Waals surface area (Å²) in [6.45, 7) is 5.64. The van der Waals surface area contributed by atoms with Gasteiger partial charge in [-0.05, 0) is 26.0 Å². The molecular weight excluding hydrogens is 283 g/mol. The third-order valence-corrected chi connectivity index (χ3v) is 3.32. The van der Waals surface area contributed by atoms with Crippen molar-refractivity contribution >= 4 is 11.9 Å². The van der Waals surface area contributed by atoms with Crippen LogP contribution in [0.2, 0.25) is 0 Å². The van der Waals surface area contributed by atoms with Gasteiger partial charge in [-0.25, -0.2) is 14.4 Å². The van der Waals surface area contributed by atoms with Gasteiger partial charge in [-0.1, -0.05) is 18.2 Å². The first-order chi connectivity index (χ1) is 10.7. The fourth-order valence-electron chi connectivity index (χ4n) is 2.04. The molecule has 0 unspecified atom stereocenters. The van der Waals surface area contributed by atoms with Gasteiger partial charge in [0.2, 0.25) is 5.95 Å². The van der Waals surface area contributed by atoms with E-state index in [0.29, 0.717) is 11.5 Å². The number of benzene rings is 1. The minimum atomic E-state index is -0.348. The molecule has 2 aromatic rings. The van der Waals surface area contributed by atoms with Gasteiger partial charge in [0.25, 0.3) is 5.91 Å². The molecule has 1 amide bonds. The molecule has 0 bridgehead atoms. The zero-order valence-corrected chi connectivity index (χ0v) is 12.7. The number of halogens is 1. The van der Waals surface area contributed by atoms with E-state index in [1.807, 2.05) is 18.7 Å². The number of nitrogens with zero attached hydrogens (tertiary/aromatic N) is 3. The lowest BCUT2D eigenvalue weighted by molar-refractivity contribution is 0.0945. The molecule has 0 aliphatic heterocycles. The SMILES string of the molecule is CCN(CC)c1nccc(C(=O)NCc2ccccc2F)n1. The van der Waals surface area contributed by atoms with E-state index in [0.717, 1.165) is 13.1 Å². The molecule has 22 heavy (non-hydrogen) atoms. The highest BCUT2D eigenvalue weighted by molar-refractivity contribution is 5.92. The maximum Gasteiger partial charge on any atom is 0.270 e. The predicted molar refractivity (Wildman–Crippen MR) is 83.2 cm³/mol. The highest BCUT2D eigenvalue weighted by Gasteiger charge is 2.12. The molecule has 6 heteroatoms. The Morgan fingerprint density at radius 2 is 1.95 bits per heavy atom. The molecule has 0 fully saturated rings. The Bertz CT molecular complexity index is 644. The minimum absolute atomic E-state index is 0.121. The topological polar surface area (TPSA) is 58.1 Å². The van der Waals surface area contributed by atoms with Crippen LogP contribution >= 0.6 is 0 Å². The van der Waals surface area contributed by atoms with E-state index < -0.39 is 0 Å². The molecule has 0 saturated carbocycles. The number of hydrogen-bond acceptors (Lipinski definition) is 4. The highest BCUT2D eigenvalue weighted by Crippen LogP contribution is 2.08. The average Bonchev–Trinajstić information content (AvgIpc) is 2.55. The molecule has 1 aromatic carbocycles. The quantitative estimate of drug-likeness (QED) is 0.890. The number of carbonyl (C=O) groups excluding carboxylic acids is 1. The van der Waals surface area contributed by atoms with Gasteiger partial charge in [-0.3, -0.25) is 4.79 Å². The zero-order valence-electron chi connectivity index (χ0n) is 12.7. The van der Waals surface area contributed by atoms with Crippen LogP contribution in [0.1, 0.15) is 29.9 Å². The summed E-state index contributed by atoms with van der Waals surface area (Å²) in [5, 5.41) is 2.67. The fourth-order valence-corrected chi connectivity index (χ4v) is 2.04. The lowest BCUT2D eigenvalue weighted by atomic mass is 10.2. The Labute approximate surface area is 129 Å². The van der Waals surface area contributed by atoms with E-state index in [9.17, 15) is 9.18 Å². The molecule has 2 rings (SSSR count). The minimum Gasteiger partial charge on any atom is -0.347 e. The van der Waals surface area contributed by atoms with Crippen molar-refractivity contribution in [3.8, 4) is 0 Å². The summed E-state index contributed by atoms with van der Waals surface area (Å²) < 4.78 is 13.5. The first kappa shape index (κ1) is 15.9. The van der Waals surface area contributed by atoms with E-state index in [1.165, 1.54) is 6.07 Å². The lowest BCUT2D eigenvalue weighted by Gasteiger charge is -2.18. The fraction of sp³-hybridized carbons (Fsp3) is 0.312. The summed E-state index contributed by atoms with van der Waals surface area (Å²) in [7, 11) is 0. The summed E-state index contributed by atoms with van der Waals surface area (Å²) in [5.74, 6) is -0.170. The Hall–Kier alpha value is -2.50. The second-order valence-electron chi connectivity index (χ2n) is 4.69. The first-order valence-electron chi connectivity index (χ1n) is 7.25. The Balaban J connectivity index is 2.07. The highest BCUT2D eigenvalue weighted by atomic mass is 19.1. The van der Waals surface area contributed by atoms with Crippen molar-refractivity contribution in [3.63, 3.8) is 0 Å². The van der Waals surface area contributed by atoms with Crippen LogP contribution in [-0.4, -0.2) is 29.0 Å². The van der Waals surface area contributed by atoms with Crippen LogP contribution in [-0.2, 0) is 6.54 Å². The van der Waals surface area contributed by atoms with Crippen molar-refractivity contribution in [2.24, 2.45) is 0 Å². The Kier molecular flexibility index (Phi) is 5.41.